The van der Waals surface area contributed by atoms with Crippen molar-refractivity contribution in [2.45, 2.75) is 12.6 Å². The highest BCUT2D eigenvalue weighted by Gasteiger charge is 2.27. The molecule has 20 heavy (non-hydrogen) atoms. The number of benzene rings is 1. The van der Waals surface area contributed by atoms with Crippen LogP contribution in [0.2, 0.25) is 5.28 Å². The summed E-state index contributed by atoms with van der Waals surface area (Å²) >= 11 is 5.52. The highest BCUT2D eigenvalue weighted by molar-refractivity contribution is 6.28. The number of aromatic nitrogens is 2. The van der Waals surface area contributed by atoms with Crippen molar-refractivity contribution in [1.29, 1.82) is 0 Å². The highest BCUT2D eigenvalue weighted by Crippen LogP contribution is 2.28. The van der Waals surface area contributed by atoms with E-state index in [1.165, 1.54) is 30.6 Å². The van der Waals surface area contributed by atoms with Crippen LogP contribution in [0.5, 0.6) is 11.5 Å². The van der Waals surface area contributed by atoms with E-state index in [0.29, 0.717) is 0 Å². The second-order valence-electron chi connectivity index (χ2n) is 3.92. The maximum Gasteiger partial charge on any atom is 0.304 e. The minimum Gasteiger partial charge on any atom is -0.508 e. The monoisotopic (exact) mass is 298 g/mol. The van der Waals surface area contributed by atoms with Crippen molar-refractivity contribution in [3.05, 3.63) is 47.0 Å². The van der Waals surface area contributed by atoms with Gasteiger partial charge in [-0.1, -0.05) is 12.1 Å². The number of hydrogen-bond acceptors (Lipinski definition) is 7. The minimum absolute atomic E-state index is 0.0231. The van der Waals surface area contributed by atoms with E-state index in [4.69, 9.17) is 16.3 Å². The van der Waals surface area contributed by atoms with Gasteiger partial charge in [-0.05, 0) is 17.7 Å². The molecule has 0 saturated heterocycles. The van der Waals surface area contributed by atoms with E-state index in [9.17, 15) is 20.4 Å². The molecule has 4 N–H and O–H groups in total. The maximum absolute atomic E-state index is 9.71. The van der Waals surface area contributed by atoms with Crippen molar-refractivity contribution in [2.75, 3.05) is 0 Å². The molecule has 1 aromatic carbocycles. The number of halogens is 1. The van der Waals surface area contributed by atoms with Gasteiger partial charge in [0.1, 0.15) is 12.4 Å². The van der Waals surface area contributed by atoms with E-state index in [0.717, 1.165) is 0 Å². The third kappa shape index (κ3) is 3.34. The number of hydrogen-bond donors (Lipinski definition) is 4. The Morgan fingerprint density at radius 3 is 2.40 bits per heavy atom. The fourth-order valence-electron chi connectivity index (χ4n) is 1.57. The van der Waals surface area contributed by atoms with Crippen LogP contribution in [-0.2, 0) is 12.6 Å². The second-order valence-corrected chi connectivity index (χ2v) is 4.25. The van der Waals surface area contributed by atoms with Crippen LogP contribution >= 0.6 is 11.6 Å². The van der Waals surface area contributed by atoms with E-state index >= 15 is 0 Å². The van der Waals surface area contributed by atoms with Gasteiger partial charge in [0.15, 0.2) is 5.75 Å². The van der Waals surface area contributed by atoms with Crippen LogP contribution in [0.15, 0.2) is 30.6 Å². The Labute approximate surface area is 118 Å². The van der Waals surface area contributed by atoms with Crippen LogP contribution in [-0.4, -0.2) is 30.4 Å². The second kappa shape index (κ2) is 5.59. The fraction of sp³-hybridized carbons (Fsp3) is 0.167. The van der Waals surface area contributed by atoms with Crippen molar-refractivity contribution in [3.8, 4) is 11.5 Å². The van der Waals surface area contributed by atoms with Crippen molar-refractivity contribution in [1.82, 2.24) is 9.97 Å². The zero-order valence-corrected chi connectivity index (χ0v) is 10.8. The molecule has 8 heteroatoms. The lowest BCUT2D eigenvalue weighted by atomic mass is 10.1. The topological polar surface area (TPSA) is 116 Å². The van der Waals surface area contributed by atoms with Gasteiger partial charge in [0.05, 0.1) is 18.0 Å². The minimum atomic E-state index is -3.08. The average molecular weight is 299 g/mol. The predicted molar refractivity (Wildman–Crippen MR) is 67.8 cm³/mol. The molecule has 0 aliphatic heterocycles. The molecule has 0 unspecified atom stereocenters. The van der Waals surface area contributed by atoms with Gasteiger partial charge in [-0.2, -0.15) is 0 Å². The van der Waals surface area contributed by atoms with Gasteiger partial charge in [0, 0.05) is 5.56 Å². The molecule has 0 fully saturated rings. The lowest BCUT2D eigenvalue weighted by Gasteiger charge is -2.19. The lowest BCUT2D eigenvalue weighted by Crippen LogP contribution is -2.26. The summed E-state index contributed by atoms with van der Waals surface area (Å²) < 4.78 is 5.29. The summed E-state index contributed by atoms with van der Waals surface area (Å²) in [7, 11) is 0. The van der Waals surface area contributed by atoms with Crippen LogP contribution in [0.4, 0.5) is 0 Å². The van der Waals surface area contributed by atoms with Crippen LogP contribution < -0.4 is 4.74 Å². The Bertz CT molecular complexity index is 598. The van der Waals surface area contributed by atoms with Gasteiger partial charge < -0.3 is 25.2 Å². The molecule has 0 saturated carbocycles. The number of rotatable bonds is 4. The van der Waals surface area contributed by atoms with Gasteiger partial charge in [-0.25, -0.2) is 9.97 Å². The predicted octanol–water partition coefficient (Wildman–Crippen LogP) is 0.502. The summed E-state index contributed by atoms with van der Waals surface area (Å²) in [6.45, 7) is -0.226. The van der Waals surface area contributed by atoms with Gasteiger partial charge in [-0.15, -0.1) is 0 Å². The van der Waals surface area contributed by atoms with E-state index in [2.05, 4.69) is 9.97 Å². The molecule has 0 spiro atoms. The average Bonchev–Trinajstić information content (AvgIpc) is 2.38. The SMILES string of the molecule is Oc1cccc(C(O)(O)O)c1COc1cnc(Cl)nc1. The van der Waals surface area contributed by atoms with Crippen LogP contribution in [0.3, 0.4) is 0 Å². The number of phenolic OH excluding ortho intramolecular Hbond substituents is 1. The summed E-state index contributed by atoms with van der Waals surface area (Å²) in [6.07, 6.45) is 2.64. The quantitative estimate of drug-likeness (QED) is 0.480. The Kier molecular flexibility index (Phi) is 4.05. The largest absolute Gasteiger partial charge is 0.508 e. The number of ether oxygens (including phenoxy) is 1. The number of nitrogens with zero attached hydrogens (tertiary/aromatic N) is 2. The molecule has 0 bridgehead atoms. The highest BCUT2D eigenvalue weighted by atomic mass is 35.5. The first-order chi connectivity index (χ1) is 9.38. The first-order valence-corrected chi connectivity index (χ1v) is 5.84. The Morgan fingerprint density at radius 2 is 1.80 bits per heavy atom. The molecule has 1 heterocycles. The van der Waals surface area contributed by atoms with E-state index in [1.807, 2.05) is 0 Å². The standard InChI is InChI=1S/C12H11ClN2O5/c13-11-14-4-7(5-15-11)20-6-8-9(12(17,18)19)2-1-3-10(8)16/h1-5,16-19H,6H2. The number of phenols is 1. The molecular formula is C12H11ClN2O5. The molecular weight excluding hydrogens is 288 g/mol. The molecule has 0 radical (unpaired) electrons. The van der Waals surface area contributed by atoms with Gasteiger partial charge in [0.25, 0.3) is 0 Å². The zero-order chi connectivity index (χ0) is 14.8. The summed E-state index contributed by atoms with van der Waals surface area (Å²) in [5.74, 6) is -3.06. The van der Waals surface area contributed by atoms with Crippen molar-refractivity contribution >= 4 is 11.6 Å². The third-order valence-electron chi connectivity index (χ3n) is 2.49. The first-order valence-electron chi connectivity index (χ1n) is 5.46. The molecule has 0 aliphatic rings. The molecule has 106 valence electrons. The van der Waals surface area contributed by atoms with E-state index in [1.54, 1.807) is 0 Å². The lowest BCUT2D eigenvalue weighted by molar-refractivity contribution is -0.324. The molecule has 0 aliphatic carbocycles. The Hall–Kier alpha value is -1.93. The first kappa shape index (κ1) is 14.5. The maximum atomic E-state index is 9.71. The van der Waals surface area contributed by atoms with Gasteiger partial charge in [0.2, 0.25) is 5.28 Å². The zero-order valence-electron chi connectivity index (χ0n) is 10.1. The van der Waals surface area contributed by atoms with Crippen molar-refractivity contribution in [2.24, 2.45) is 0 Å². The fourth-order valence-corrected chi connectivity index (χ4v) is 1.67. The molecule has 0 atom stereocenters. The van der Waals surface area contributed by atoms with Crippen LogP contribution in [0.1, 0.15) is 11.1 Å². The smallest absolute Gasteiger partial charge is 0.304 e. The normalized spacial score (nSPS) is 11.4. The van der Waals surface area contributed by atoms with E-state index in [-0.39, 0.29) is 34.5 Å². The molecule has 1 aromatic heterocycles. The Morgan fingerprint density at radius 1 is 1.15 bits per heavy atom. The number of aromatic hydroxyl groups is 1. The van der Waals surface area contributed by atoms with Crippen LogP contribution in [0.25, 0.3) is 0 Å². The van der Waals surface area contributed by atoms with Gasteiger partial charge in [-0.3, -0.25) is 0 Å². The van der Waals surface area contributed by atoms with Crippen LogP contribution in [0, 0.1) is 0 Å². The molecule has 2 rings (SSSR count). The Balaban J connectivity index is 2.23. The number of aliphatic hydroxyl groups is 3. The summed E-state index contributed by atoms with van der Waals surface area (Å²) in [5, 5.41) is 37.5. The summed E-state index contributed by atoms with van der Waals surface area (Å²) in [6, 6.07) is 3.93. The van der Waals surface area contributed by atoms with E-state index < -0.39 is 5.97 Å². The molecule has 0 amide bonds. The van der Waals surface area contributed by atoms with Gasteiger partial charge >= 0.3 is 5.97 Å². The summed E-state index contributed by atoms with van der Waals surface area (Å²) in [4.78, 5) is 7.41. The molecule has 7 nitrogen and oxygen atoms in total. The van der Waals surface area contributed by atoms with Crippen molar-refractivity contribution in [3.63, 3.8) is 0 Å². The van der Waals surface area contributed by atoms with Crippen molar-refractivity contribution < 1.29 is 25.2 Å². The summed E-state index contributed by atoms with van der Waals surface area (Å²) in [5.41, 5.74) is -0.262. The molecule has 2 aromatic rings. The third-order valence-corrected chi connectivity index (χ3v) is 2.69.